The Morgan fingerprint density at radius 1 is 1.37 bits per heavy atom. The molecule has 2 amide bonds. The number of nitrogens with one attached hydrogen (secondary N) is 1. The molecule has 0 saturated carbocycles. The van der Waals surface area contributed by atoms with Crippen molar-refractivity contribution in [2.75, 3.05) is 18.1 Å². The van der Waals surface area contributed by atoms with E-state index in [4.69, 9.17) is 0 Å². The van der Waals surface area contributed by atoms with Gasteiger partial charge in [-0.2, -0.15) is 11.8 Å². The van der Waals surface area contributed by atoms with Crippen LogP contribution in [0.15, 0.2) is 0 Å². The van der Waals surface area contributed by atoms with Crippen LogP contribution in [0.5, 0.6) is 0 Å². The molecule has 0 aromatic heterocycles. The molecule has 110 valence electrons. The molecule has 1 atom stereocenters. The van der Waals surface area contributed by atoms with Gasteiger partial charge in [-0.3, -0.25) is 9.59 Å². The fourth-order valence-corrected chi connectivity index (χ4v) is 3.07. The first-order valence-corrected chi connectivity index (χ1v) is 8.17. The Morgan fingerprint density at radius 3 is 2.53 bits per heavy atom. The van der Waals surface area contributed by atoms with Gasteiger partial charge in [0, 0.05) is 6.54 Å². The molecular weight excluding hydrogens is 260 g/mol. The third-order valence-corrected chi connectivity index (χ3v) is 4.34. The van der Waals surface area contributed by atoms with Gasteiger partial charge < -0.3 is 10.2 Å². The van der Waals surface area contributed by atoms with E-state index in [9.17, 15) is 9.59 Å². The second-order valence-electron chi connectivity index (χ2n) is 5.85. The highest BCUT2D eigenvalue weighted by molar-refractivity contribution is 7.99. The molecule has 1 unspecified atom stereocenters. The van der Waals surface area contributed by atoms with Gasteiger partial charge in [0.15, 0.2) is 0 Å². The molecule has 0 aromatic rings. The van der Waals surface area contributed by atoms with E-state index in [1.807, 2.05) is 25.6 Å². The molecule has 4 nitrogen and oxygen atoms in total. The van der Waals surface area contributed by atoms with Gasteiger partial charge in [0.25, 0.3) is 0 Å². The number of hydrogen-bond donors (Lipinski definition) is 1. The van der Waals surface area contributed by atoms with Gasteiger partial charge in [-0.05, 0) is 37.7 Å². The van der Waals surface area contributed by atoms with E-state index in [-0.39, 0.29) is 23.8 Å². The van der Waals surface area contributed by atoms with Crippen LogP contribution < -0.4 is 5.32 Å². The number of piperazine rings is 1. The normalized spacial score (nSPS) is 22.8. The van der Waals surface area contributed by atoms with Crippen LogP contribution in [-0.2, 0) is 9.59 Å². The fourth-order valence-electron chi connectivity index (χ4n) is 2.45. The van der Waals surface area contributed by atoms with Crippen LogP contribution in [0.4, 0.5) is 0 Å². The lowest BCUT2D eigenvalue weighted by Crippen LogP contribution is -2.69. The molecule has 0 radical (unpaired) electrons. The Hall–Kier alpha value is -0.710. The zero-order valence-electron chi connectivity index (χ0n) is 12.7. The number of rotatable bonds is 6. The van der Waals surface area contributed by atoms with E-state index < -0.39 is 5.54 Å². The average Bonchev–Trinajstić information content (AvgIpc) is 2.29. The summed E-state index contributed by atoms with van der Waals surface area (Å²) in [6.45, 7) is 10.3. The van der Waals surface area contributed by atoms with Crippen molar-refractivity contribution in [3.05, 3.63) is 0 Å². The van der Waals surface area contributed by atoms with Crippen molar-refractivity contribution in [2.24, 2.45) is 5.92 Å². The van der Waals surface area contributed by atoms with Crippen LogP contribution in [0.25, 0.3) is 0 Å². The summed E-state index contributed by atoms with van der Waals surface area (Å²) < 4.78 is 0. The Balaban J connectivity index is 2.78. The van der Waals surface area contributed by atoms with Crippen LogP contribution in [-0.4, -0.2) is 46.3 Å². The predicted octanol–water partition coefficient (Wildman–Crippen LogP) is 1.89. The van der Waals surface area contributed by atoms with Crippen LogP contribution >= 0.6 is 11.8 Å². The zero-order valence-corrected chi connectivity index (χ0v) is 13.5. The second-order valence-corrected chi connectivity index (χ2v) is 7.25. The van der Waals surface area contributed by atoms with E-state index in [2.05, 4.69) is 12.2 Å². The lowest BCUT2D eigenvalue weighted by atomic mass is 9.91. The highest BCUT2D eigenvalue weighted by Crippen LogP contribution is 2.23. The van der Waals surface area contributed by atoms with Gasteiger partial charge in [0.05, 0.1) is 0 Å². The number of carbonyl (C=O) groups is 2. The van der Waals surface area contributed by atoms with Gasteiger partial charge in [-0.15, -0.1) is 0 Å². The van der Waals surface area contributed by atoms with Crippen molar-refractivity contribution in [3.63, 3.8) is 0 Å². The second kappa shape index (κ2) is 6.64. The lowest BCUT2D eigenvalue weighted by molar-refractivity contribution is -0.155. The molecule has 1 aliphatic rings. The summed E-state index contributed by atoms with van der Waals surface area (Å²) in [4.78, 5) is 26.4. The summed E-state index contributed by atoms with van der Waals surface area (Å²) in [6.07, 6.45) is 0.941. The first-order valence-electron chi connectivity index (χ1n) is 7.02. The van der Waals surface area contributed by atoms with Crippen molar-refractivity contribution in [1.82, 2.24) is 10.2 Å². The van der Waals surface area contributed by atoms with Crippen LogP contribution in [0.3, 0.4) is 0 Å². The van der Waals surface area contributed by atoms with E-state index in [1.165, 1.54) is 0 Å². The van der Waals surface area contributed by atoms with Gasteiger partial charge in [-0.1, -0.05) is 20.8 Å². The molecule has 0 bridgehead atoms. The minimum absolute atomic E-state index is 0.0252. The number of carbonyl (C=O) groups excluding carboxylic acids is 2. The molecule has 1 saturated heterocycles. The smallest absolute Gasteiger partial charge is 0.248 e. The van der Waals surface area contributed by atoms with Crippen LogP contribution in [0, 0.1) is 5.92 Å². The topological polar surface area (TPSA) is 49.4 Å². The summed E-state index contributed by atoms with van der Waals surface area (Å²) in [5.41, 5.74) is -0.777. The monoisotopic (exact) mass is 286 g/mol. The Bertz CT molecular complexity index is 342. The SMILES string of the molecule is CCSCCCN1C(=O)C(C)(C)NC(=O)C1C(C)C. The minimum Gasteiger partial charge on any atom is -0.340 e. The van der Waals surface area contributed by atoms with Crippen LogP contribution in [0.2, 0.25) is 0 Å². The van der Waals surface area contributed by atoms with E-state index in [0.29, 0.717) is 6.54 Å². The number of nitrogens with zero attached hydrogens (tertiary/aromatic N) is 1. The lowest BCUT2D eigenvalue weighted by Gasteiger charge is -2.44. The van der Waals surface area contributed by atoms with Gasteiger partial charge >= 0.3 is 0 Å². The van der Waals surface area contributed by atoms with Crippen molar-refractivity contribution in [2.45, 2.75) is 52.6 Å². The molecule has 1 heterocycles. The van der Waals surface area contributed by atoms with E-state index >= 15 is 0 Å². The number of thioether (sulfide) groups is 1. The summed E-state index contributed by atoms with van der Waals surface area (Å²) in [5.74, 6) is 2.27. The number of amides is 2. The zero-order chi connectivity index (χ0) is 14.6. The summed E-state index contributed by atoms with van der Waals surface area (Å²) in [7, 11) is 0. The van der Waals surface area contributed by atoms with Crippen molar-refractivity contribution < 1.29 is 9.59 Å². The van der Waals surface area contributed by atoms with Gasteiger partial charge in [0.2, 0.25) is 11.8 Å². The molecule has 0 aromatic carbocycles. The molecule has 5 heteroatoms. The van der Waals surface area contributed by atoms with Crippen molar-refractivity contribution in [1.29, 1.82) is 0 Å². The Morgan fingerprint density at radius 2 is 2.00 bits per heavy atom. The van der Waals surface area contributed by atoms with Gasteiger partial charge in [0.1, 0.15) is 11.6 Å². The predicted molar refractivity (Wildman–Crippen MR) is 80.2 cm³/mol. The number of hydrogen-bond acceptors (Lipinski definition) is 3. The first kappa shape index (κ1) is 16.3. The largest absolute Gasteiger partial charge is 0.340 e. The summed E-state index contributed by atoms with van der Waals surface area (Å²) in [5, 5.41) is 2.83. The third-order valence-electron chi connectivity index (χ3n) is 3.36. The fraction of sp³-hybridized carbons (Fsp3) is 0.857. The van der Waals surface area contributed by atoms with Crippen molar-refractivity contribution >= 4 is 23.6 Å². The summed E-state index contributed by atoms with van der Waals surface area (Å²) in [6, 6.07) is -0.327. The molecule has 0 spiro atoms. The highest BCUT2D eigenvalue weighted by Gasteiger charge is 2.45. The molecule has 1 rings (SSSR count). The highest BCUT2D eigenvalue weighted by atomic mass is 32.2. The third kappa shape index (κ3) is 3.88. The van der Waals surface area contributed by atoms with E-state index in [1.54, 1.807) is 18.7 Å². The quantitative estimate of drug-likeness (QED) is 0.759. The van der Waals surface area contributed by atoms with Crippen molar-refractivity contribution in [3.8, 4) is 0 Å². The minimum atomic E-state index is -0.777. The maximum absolute atomic E-state index is 12.5. The molecule has 1 N–H and O–H groups in total. The first-order chi connectivity index (χ1) is 8.81. The average molecular weight is 286 g/mol. The van der Waals surface area contributed by atoms with E-state index in [0.717, 1.165) is 17.9 Å². The molecule has 0 aliphatic carbocycles. The van der Waals surface area contributed by atoms with Gasteiger partial charge in [-0.25, -0.2) is 0 Å². The summed E-state index contributed by atoms with van der Waals surface area (Å²) >= 11 is 1.87. The standard InChI is InChI=1S/C14H26N2O2S/c1-6-19-9-7-8-16-11(10(2)3)12(17)15-14(4,5)13(16)18/h10-11H,6-9H2,1-5H3,(H,15,17). The molecular formula is C14H26N2O2S. The maximum Gasteiger partial charge on any atom is 0.248 e. The molecule has 1 aliphatic heterocycles. The maximum atomic E-state index is 12.5. The van der Waals surface area contributed by atoms with Crippen LogP contribution in [0.1, 0.15) is 41.0 Å². The Kier molecular flexibility index (Phi) is 5.71. The molecule has 1 fully saturated rings. The molecule has 19 heavy (non-hydrogen) atoms. The Labute approximate surface area is 120 Å².